The minimum Gasteiger partial charge on any atom is -0.493 e. The van der Waals surface area contributed by atoms with Crippen molar-refractivity contribution in [2.75, 3.05) is 27.2 Å². The van der Waals surface area contributed by atoms with Gasteiger partial charge < -0.3 is 14.1 Å². The van der Waals surface area contributed by atoms with Gasteiger partial charge in [-0.25, -0.2) is 4.79 Å². The van der Waals surface area contributed by atoms with Gasteiger partial charge in [-0.15, -0.1) is 0 Å². The third-order valence-electron chi connectivity index (χ3n) is 2.87. The van der Waals surface area contributed by atoms with Gasteiger partial charge in [0.1, 0.15) is 11.3 Å². The van der Waals surface area contributed by atoms with Crippen molar-refractivity contribution in [3.8, 4) is 5.75 Å². The van der Waals surface area contributed by atoms with E-state index in [0.717, 1.165) is 24.8 Å². The average molecular weight is 261 g/mol. The highest BCUT2D eigenvalue weighted by Gasteiger charge is 2.05. The summed E-state index contributed by atoms with van der Waals surface area (Å²) in [6.45, 7) is 1.66. The summed E-state index contributed by atoms with van der Waals surface area (Å²) in [4.78, 5) is 13.6. The molecule has 0 atom stereocenters. The summed E-state index contributed by atoms with van der Waals surface area (Å²) in [5.74, 6) is 0.608. The highest BCUT2D eigenvalue weighted by atomic mass is 16.5. The number of benzene rings is 1. The summed E-state index contributed by atoms with van der Waals surface area (Å²) in [5.41, 5.74) is 0.195. The Kier molecular flexibility index (Phi) is 4.58. The van der Waals surface area contributed by atoms with Gasteiger partial charge in [-0.3, -0.25) is 0 Å². The average Bonchev–Trinajstić information content (AvgIpc) is 2.37. The molecule has 0 saturated heterocycles. The monoisotopic (exact) mass is 261 g/mol. The van der Waals surface area contributed by atoms with Gasteiger partial charge in [-0.2, -0.15) is 0 Å². The lowest BCUT2D eigenvalue weighted by Gasteiger charge is -2.10. The molecule has 0 saturated carbocycles. The highest BCUT2D eigenvalue weighted by Crippen LogP contribution is 2.23. The highest BCUT2D eigenvalue weighted by molar-refractivity contribution is 5.82. The second kappa shape index (κ2) is 6.38. The third kappa shape index (κ3) is 3.83. The zero-order valence-electron chi connectivity index (χ0n) is 11.4. The van der Waals surface area contributed by atoms with E-state index in [1.165, 1.54) is 6.07 Å². The van der Waals surface area contributed by atoms with Crippen LogP contribution in [0.25, 0.3) is 11.0 Å². The normalized spacial score (nSPS) is 11.1. The fourth-order valence-electron chi connectivity index (χ4n) is 1.91. The van der Waals surface area contributed by atoms with Crippen molar-refractivity contribution < 1.29 is 9.15 Å². The minimum absolute atomic E-state index is 0.373. The van der Waals surface area contributed by atoms with E-state index in [0.29, 0.717) is 17.9 Å². The molecule has 0 aliphatic heterocycles. The van der Waals surface area contributed by atoms with E-state index < -0.39 is 0 Å². The zero-order valence-corrected chi connectivity index (χ0v) is 11.4. The van der Waals surface area contributed by atoms with E-state index in [1.807, 2.05) is 18.2 Å². The lowest BCUT2D eigenvalue weighted by Crippen LogP contribution is -2.13. The van der Waals surface area contributed by atoms with Crippen molar-refractivity contribution in [3.05, 3.63) is 40.8 Å². The molecule has 4 nitrogen and oxygen atoms in total. The molecule has 2 aromatic rings. The van der Waals surface area contributed by atoms with Crippen LogP contribution in [0.5, 0.6) is 5.75 Å². The number of ether oxygens (including phenoxy) is 1. The predicted molar refractivity (Wildman–Crippen MR) is 75.8 cm³/mol. The third-order valence-corrected chi connectivity index (χ3v) is 2.87. The largest absolute Gasteiger partial charge is 0.493 e. The lowest BCUT2D eigenvalue weighted by atomic mass is 10.2. The van der Waals surface area contributed by atoms with Crippen LogP contribution in [0.1, 0.15) is 12.8 Å². The molecule has 1 aromatic carbocycles. The molecular weight excluding hydrogens is 242 g/mol. The fourth-order valence-corrected chi connectivity index (χ4v) is 1.91. The zero-order chi connectivity index (χ0) is 13.7. The molecular formula is C15H19NO3. The molecule has 1 heterocycles. The Morgan fingerprint density at radius 3 is 2.79 bits per heavy atom. The summed E-state index contributed by atoms with van der Waals surface area (Å²) in [5, 5.41) is 0.842. The van der Waals surface area contributed by atoms with Crippen LogP contribution >= 0.6 is 0 Å². The van der Waals surface area contributed by atoms with Gasteiger partial charge in [0.25, 0.3) is 0 Å². The number of para-hydroxylation sites is 1. The van der Waals surface area contributed by atoms with E-state index in [4.69, 9.17) is 9.15 Å². The molecule has 4 heteroatoms. The standard InChI is InChI=1S/C15H19NO3/c1-16(2)9-5-6-10-18-14-11-15(17)19-13-8-4-3-7-12(13)14/h3-4,7-8,11H,5-6,9-10H2,1-2H3. The number of rotatable bonds is 6. The Labute approximate surface area is 112 Å². The molecule has 0 unspecified atom stereocenters. The molecule has 0 N–H and O–H groups in total. The van der Waals surface area contributed by atoms with E-state index in [-0.39, 0.29) is 5.63 Å². The van der Waals surface area contributed by atoms with Crippen molar-refractivity contribution in [1.29, 1.82) is 0 Å². The molecule has 2 rings (SSSR count). The Bertz CT molecular complexity index is 589. The fraction of sp³-hybridized carbons (Fsp3) is 0.400. The predicted octanol–water partition coefficient (Wildman–Crippen LogP) is 2.51. The topological polar surface area (TPSA) is 42.7 Å². The number of nitrogens with zero attached hydrogens (tertiary/aromatic N) is 1. The van der Waals surface area contributed by atoms with Gasteiger partial charge >= 0.3 is 5.63 Å². The first-order chi connectivity index (χ1) is 9.16. The smallest absolute Gasteiger partial charge is 0.339 e. The van der Waals surface area contributed by atoms with E-state index in [9.17, 15) is 4.79 Å². The summed E-state index contributed by atoms with van der Waals surface area (Å²) in [6.07, 6.45) is 2.04. The van der Waals surface area contributed by atoms with Crippen LogP contribution in [0.4, 0.5) is 0 Å². The van der Waals surface area contributed by atoms with Crippen LogP contribution in [0.2, 0.25) is 0 Å². The molecule has 0 aliphatic rings. The Hall–Kier alpha value is -1.81. The van der Waals surface area contributed by atoms with Gasteiger partial charge in [-0.05, 0) is 45.6 Å². The molecule has 0 spiro atoms. The Morgan fingerprint density at radius 2 is 2.00 bits per heavy atom. The van der Waals surface area contributed by atoms with Crippen LogP contribution in [0.3, 0.4) is 0 Å². The van der Waals surface area contributed by atoms with Crippen molar-refractivity contribution >= 4 is 11.0 Å². The number of hydrogen-bond donors (Lipinski definition) is 0. The van der Waals surface area contributed by atoms with E-state index in [2.05, 4.69) is 19.0 Å². The maximum atomic E-state index is 11.4. The quantitative estimate of drug-likeness (QED) is 0.592. The van der Waals surface area contributed by atoms with Crippen molar-refractivity contribution in [3.63, 3.8) is 0 Å². The molecule has 1 aromatic heterocycles. The van der Waals surface area contributed by atoms with Crippen LogP contribution < -0.4 is 10.4 Å². The summed E-state index contributed by atoms with van der Waals surface area (Å²) in [7, 11) is 4.10. The first kappa shape index (κ1) is 13.6. The first-order valence-corrected chi connectivity index (χ1v) is 6.47. The van der Waals surface area contributed by atoms with Crippen LogP contribution in [-0.2, 0) is 0 Å². The Balaban J connectivity index is 2.02. The summed E-state index contributed by atoms with van der Waals surface area (Å²) >= 11 is 0. The maximum Gasteiger partial charge on any atom is 0.339 e. The van der Waals surface area contributed by atoms with Crippen LogP contribution in [0.15, 0.2) is 39.5 Å². The second-order valence-corrected chi connectivity index (χ2v) is 4.78. The van der Waals surface area contributed by atoms with Gasteiger partial charge in [-0.1, -0.05) is 12.1 Å². The molecule has 19 heavy (non-hydrogen) atoms. The van der Waals surface area contributed by atoms with Gasteiger partial charge in [0.2, 0.25) is 0 Å². The van der Waals surface area contributed by atoms with Crippen molar-refractivity contribution in [1.82, 2.24) is 4.90 Å². The SMILES string of the molecule is CN(C)CCCCOc1cc(=O)oc2ccccc12. The second-order valence-electron chi connectivity index (χ2n) is 4.78. The first-order valence-electron chi connectivity index (χ1n) is 6.47. The molecule has 0 radical (unpaired) electrons. The molecule has 0 aliphatic carbocycles. The van der Waals surface area contributed by atoms with Crippen LogP contribution in [0, 0.1) is 0 Å². The van der Waals surface area contributed by atoms with Gasteiger partial charge in [0.15, 0.2) is 0 Å². The van der Waals surface area contributed by atoms with E-state index in [1.54, 1.807) is 6.07 Å². The molecule has 102 valence electrons. The maximum absolute atomic E-state index is 11.4. The summed E-state index contributed by atoms with van der Waals surface area (Å²) in [6, 6.07) is 8.82. The van der Waals surface area contributed by atoms with E-state index >= 15 is 0 Å². The lowest BCUT2D eigenvalue weighted by molar-refractivity contribution is 0.294. The molecule has 0 bridgehead atoms. The number of unbranched alkanes of at least 4 members (excludes halogenated alkanes) is 1. The minimum atomic E-state index is -0.373. The summed E-state index contributed by atoms with van der Waals surface area (Å²) < 4.78 is 10.8. The van der Waals surface area contributed by atoms with Gasteiger partial charge in [0.05, 0.1) is 18.1 Å². The van der Waals surface area contributed by atoms with Gasteiger partial charge in [0, 0.05) is 0 Å². The molecule has 0 amide bonds. The Morgan fingerprint density at radius 1 is 1.21 bits per heavy atom. The number of fused-ring (bicyclic) bond motifs is 1. The van der Waals surface area contributed by atoms with Crippen molar-refractivity contribution in [2.45, 2.75) is 12.8 Å². The van der Waals surface area contributed by atoms with Crippen molar-refractivity contribution in [2.24, 2.45) is 0 Å². The molecule has 0 fully saturated rings. The van der Waals surface area contributed by atoms with Crippen LogP contribution in [-0.4, -0.2) is 32.1 Å². The number of hydrogen-bond acceptors (Lipinski definition) is 4.